The summed E-state index contributed by atoms with van der Waals surface area (Å²) in [7, 11) is 0. The first-order chi connectivity index (χ1) is 9.08. The Labute approximate surface area is 114 Å². The van der Waals surface area contributed by atoms with Gasteiger partial charge in [-0.05, 0) is 47.9 Å². The van der Waals surface area contributed by atoms with Gasteiger partial charge >= 0.3 is 0 Å². The molecule has 0 amide bonds. The number of hydrogen-bond donors (Lipinski definition) is 0. The third-order valence-electron chi connectivity index (χ3n) is 4.13. The first kappa shape index (κ1) is 12.3. The van der Waals surface area contributed by atoms with Crippen LogP contribution in [0.4, 0.5) is 5.69 Å². The normalized spacial score (nSPS) is 20.9. The highest BCUT2D eigenvalue weighted by Crippen LogP contribution is 2.39. The van der Waals surface area contributed by atoms with Crippen molar-refractivity contribution in [2.24, 2.45) is 4.99 Å². The van der Waals surface area contributed by atoms with E-state index in [0.29, 0.717) is 6.42 Å². The van der Waals surface area contributed by atoms with Crippen molar-refractivity contribution in [2.75, 3.05) is 0 Å². The molecule has 0 saturated heterocycles. The van der Waals surface area contributed by atoms with Gasteiger partial charge in [0.25, 0.3) is 0 Å². The zero-order valence-corrected chi connectivity index (χ0v) is 11.6. The summed E-state index contributed by atoms with van der Waals surface area (Å²) in [6, 6.07) is 6.25. The molecule has 0 atom stereocenters. The van der Waals surface area contributed by atoms with Crippen molar-refractivity contribution in [2.45, 2.75) is 44.9 Å². The van der Waals surface area contributed by atoms with E-state index in [1.54, 1.807) is 0 Å². The van der Waals surface area contributed by atoms with Crippen LogP contribution >= 0.6 is 0 Å². The first-order valence-corrected chi connectivity index (χ1v) is 6.99. The Morgan fingerprint density at radius 2 is 2.11 bits per heavy atom. The van der Waals surface area contributed by atoms with E-state index in [-0.39, 0.29) is 11.2 Å². The van der Waals surface area contributed by atoms with Crippen LogP contribution in [0.3, 0.4) is 0 Å². The number of benzene rings is 1. The monoisotopic (exact) mass is 253 g/mol. The molecule has 2 nitrogen and oxygen atoms in total. The van der Waals surface area contributed by atoms with E-state index in [9.17, 15) is 4.79 Å². The molecule has 98 valence electrons. The summed E-state index contributed by atoms with van der Waals surface area (Å²) in [6.45, 7) is 4.47. The number of rotatable bonds is 1. The minimum Gasteiger partial charge on any atom is -0.294 e. The zero-order valence-electron chi connectivity index (χ0n) is 11.6. The molecule has 0 radical (unpaired) electrons. The van der Waals surface area contributed by atoms with E-state index in [4.69, 9.17) is 0 Å². The van der Waals surface area contributed by atoms with Crippen molar-refractivity contribution in [1.29, 1.82) is 0 Å². The van der Waals surface area contributed by atoms with Gasteiger partial charge in [0, 0.05) is 18.2 Å². The molecule has 0 saturated carbocycles. The highest BCUT2D eigenvalue weighted by Gasteiger charge is 2.27. The number of carbonyl (C=O) groups is 1. The quantitative estimate of drug-likeness (QED) is 0.737. The second-order valence-corrected chi connectivity index (χ2v) is 6.06. The molecular formula is C17H19NO. The minimum absolute atomic E-state index is 0.103. The average molecular weight is 253 g/mol. The molecule has 0 unspecified atom stereocenters. The molecule has 0 N–H and O–H groups in total. The fourth-order valence-corrected chi connectivity index (χ4v) is 2.88. The van der Waals surface area contributed by atoms with E-state index in [1.807, 2.05) is 18.3 Å². The highest BCUT2D eigenvalue weighted by molar-refractivity contribution is 6.21. The Kier molecular flexibility index (Phi) is 2.89. The first-order valence-electron chi connectivity index (χ1n) is 6.99. The van der Waals surface area contributed by atoms with Crippen molar-refractivity contribution >= 4 is 23.3 Å². The average Bonchev–Trinajstić information content (AvgIpc) is 2.39. The summed E-state index contributed by atoms with van der Waals surface area (Å²) in [4.78, 5) is 16.5. The van der Waals surface area contributed by atoms with Gasteiger partial charge in [0.15, 0.2) is 5.78 Å². The molecular weight excluding hydrogens is 234 g/mol. The van der Waals surface area contributed by atoms with E-state index in [1.165, 1.54) is 5.56 Å². The predicted octanol–water partition coefficient (Wildman–Crippen LogP) is 4.21. The van der Waals surface area contributed by atoms with E-state index in [2.05, 4.69) is 31.0 Å². The maximum Gasteiger partial charge on any atom is 0.163 e. The number of Topliss-reactive ketones (excluding diaryl/α,β-unsaturated/α-hetero) is 1. The zero-order chi connectivity index (χ0) is 13.5. The fraction of sp³-hybridized carbons (Fsp3) is 0.412. The molecule has 3 rings (SSSR count). The third kappa shape index (κ3) is 2.16. The van der Waals surface area contributed by atoms with E-state index in [0.717, 1.165) is 36.1 Å². The molecule has 2 heteroatoms. The fourth-order valence-electron chi connectivity index (χ4n) is 2.88. The lowest BCUT2D eigenvalue weighted by Gasteiger charge is -2.29. The summed E-state index contributed by atoms with van der Waals surface area (Å²) in [5.74, 6) is 0.281. The summed E-state index contributed by atoms with van der Waals surface area (Å²) in [6.07, 6.45) is 7.73. The second-order valence-electron chi connectivity index (χ2n) is 6.06. The number of nitrogens with zero attached hydrogens (tertiary/aromatic N) is 1. The number of fused-ring (bicyclic) bond motifs is 1. The van der Waals surface area contributed by atoms with Gasteiger partial charge in [-0.3, -0.25) is 9.79 Å². The van der Waals surface area contributed by atoms with Crippen molar-refractivity contribution in [3.05, 3.63) is 35.4 Å². The number of aliphatic imine (C=N–C) groups is 1. The second kappa shape index (κ2) is 4.44. The SMILES string of the molecule is CC1(C)CC=Nc2ccc(C3=CCCCC3=O)cc21. The summed E-state index contributed by atoms with van der Waals surface area (Å²) in [5, 5.41) is 0. The summed E-state index contributed by atoms with van der Waals surface area (Å²) < 4.78 is 0. The molecule has 1 aromatic rings. The van der Waals surface area contributed by atoms with Crippen molar-refractivity contribution in [3.8, 4) is 0 Å². The molecule has 0 aromatic heterocycles. The van der Waals surface area contributed by atoms with Crippen LogP contribution in [-0.2, 0) is 10.2 Å². The van der Waals surface area contributed by atoms with Gasteiger partial charge in [-0.25, -0.2) is 0 Å². The number of allylic oxidation sites excluding steroid dienone is 2. The Hall–Kier alpha value is -1.70. The standard InChI is InChI=1S/C17H19NO/c1-17(2)9-10-18-15-8-7-12(11-14(15)17)13-5-3-4-6-16(13)19/h5,7-8,10-11H,3-4,6,9H2,1-2H3. The lowest BCUT2D eigenvalue weighted by molar-refractivity contribution is -0.114. The summed E-state index contributed by atoms with van der Waals surface area (Å²) in [5.41, 5.74) is 4.37. The Bertz CT molecular complexity index is 593. The number of ketones is 1. The smallest absolute Gasteiger partial charge is 0.163 e. The van der Waals surface area contributed by atoms with Crippen LogP contribution in [0, 0.1) is 0 Å². The van der Waals surface area contributed by atoms with Crippen LogP contribution in [0.25, 0.3) is 5.57 Å². The van der Waals surface area contributed by atoms with Gasteiger partial charge in [0.05, 0.1) is 5.69 Å². The molecule has 0 spiro atoms. The van der Waals surface area contributed by atoms with Crippen LogP contribution in [0.1, 0.15) is 50.7 Å². The van der Waals surface area contributed by atoms with Crippen molar-refractivity contribution in [3.63, 3.8) is 0 Å². The van der Waals surface area contributed by atoms with Crippen LogP contribution in [-0.4, -0.2) is 12.0 Å². The van der Waals surface area contributed by atoms with Gasteiger partial charge < -0.3 is 0 Å². The molecule has 0 bridgehead atoms. The lowest BCUT2D eigenvalue weighted by Crippen LogP contribution is -2.21. The minimum atomic E-state index is 0.103. The Balaban J connectivity index is 2.09. The molecule has 1 heterocycles. The van der Waals surface area contributed by atoms with Crippen LogP contribution < -0.4 is 0 Å². The maximum absolute atomic E-state index is 12.0. The molecule has 1 aliphatic carbocycles. The number of carbonyl (C=O) groups excluding carboxylic acids is 1. The van der Waals surface area contributed by atoms with Crippen LogP contribution in [0.2, 0.25) is 0 Å². The molecule has 1 aliphatic heterocycles. The highest BCUT2D eigenvalue weighted by atomic mass is 16.1. The topological polar surface area (TPSA) is 29.4 Å². The van der Waals surface area contributed by atoms with Crippen LogP contribution in [0.5, 0.6) is 0 Å². The predicted molar refractivity (Wildman–Crippen MR) is 79.1 cm³/mol. The molecule has 19 heavy (non-hydrogen) atoms. The Morgan fingerprint density at radius 3 is 2.89 bits per heavy atom. The van der Waals surface area contributed by atoms with Crippen LogP contribution in [0.15, 0.2) is 29.3 Å². The third-order valence-corrected chi connectivity index (χ3v) is 4.13. The van der Waals surface area contributed by atoms with E-state index >= 15 is 0 Å². The summed E-state index contributed by atoms with van der Waals surface area (Å²) >= 11 is 0. The van der Waals surface area contributed by atoms with Gasteiger partial charge in [-0.2, -0.15) is 0 Å². The van der Waals surface area contributed by atoms with Gasteiger partial charge in [-0.1, -0.05) is 26.0 Å². The van der Waals surface area contributed by atoms with Gasteiger partial charge in [0.1, 0.15) is 0 Å². The lowest BCUT2D eigenvalue weighted by atomic mass is 9.78. The van der Waals surface area contributed by atoms with Gasteiger partial charge in [-0.15, -0.1) is 0 Å². The van der Waals surface area contributed by atoms with Crippen molar-refractivity contribution in [1.82, 2.24) is 0 Å². The Morgan fingerprint density at radius 1 is 1.26 bits per heavy atom. The van der Waals surface area contributed by atoms with E-state index < -0.39 is 0 Å². The maximum atomic E-state index is 12.0. The molecule has 0 fully saturated rings. The molecule has 1 aromatic carbocycles. The molecule has 2 aliphatic rings. The van der Waals surface area contributed by atoms with Gasteiger partial charge in [0.2, 0.25) is 0 Å². The number of hydrogen-bond acceptors (Lipinski definition) is 2. The van der Waals surface area contributed by atoms with Crippen molar-refractivity contribution < 1.29 is 4.79 Å². The largest absolute Gasteiger partial charge is 0.294 e.